The molecule has 0 aromatic heterocycles. The minimum Gasteiger partial charge on any atom is -0.495 e. The third kappa shape index (κ3) is 3.25. The quantitative estimate of drug-likeness (QED) is 0.881. The number of nitrogens with one attached hydrogen (secondary N) is 1. The SMILES string of the molecule is COC(=O)c1cc(OC)c(NC(C)=O)c(-c2ccccc2)c1. The van der Waals surface area contributed by atoms with Crippen molar-refractivity contribution in [3.8, 4) is 16.9 Å². The van der Waals surface area contributed by atoms with Crippen LogP contribution >= 0.6 is 0 Å². The second-order valence-corrected chi connectivity index (χ2v) is 4.64. The third-order valence-corrected chi connectivity index (χ3v) is 3.13. The Balaban J connectivity index is 2.69. The van der Waals surface area contributed by atoms with E-state index in [2.05, 4.69) is 5.32 Å². The van der Waals surface area contributed by atoms with Crippen molar-refractivity contribution in [2.75, 3.05) is 19.5 Å². The molecule has 0 aliphatic rings. The van der Waals surface area contributed by atoms with Gasteiger partial charge < -0.3 is 14.8 Å². The molecule has 114 valence electrons. The van der Waals surface area contributed by atoms with E-state index in [9.17, 15) is 9.59 Å². The van der Waals surface area contributed by atoms with Gasteiger partial charge in [0.1, 0.15) is 5.75 Å². The molecule has 5 nitrogen and oxygen atoms in total. The summed E-state index contributed by atoms with van der Waals surface area (Å²) in [5.41, 5.74) is 2.42. The molecule has 0 fully saturated rings. The molecular formula is C17H17NO4. The summed E-state index contributed by atoms with van der Waals surface area (Å²) in [7, 11) is 2.80. The molecule has 0 saturated carbocycles. The highest BCUT2D eigenvalue weighted by atomic mass is 16.5. The van der Waals surface area contributed by atoms with Crippen LogP contribution < -0.4 is 10.1 Å². The van der Waals surface area contributed by atoms with Gasteiger partial charge in [-0.2, -0.15) is 0 Å². The minimum absolute atomic E-state index is 0.221. The average Bonchev–Trinajstić information content (AvgIpc) is 2.54. The summed E-state index contributed by atoms with van der Waals surface area (Å²) in [4.78, 5) is 23.3. The second-order valence-electron chi connectivity index (χ2n) is 4.64. The van der Waals surface area contributed by atoms with Crippen molar-refractivity contribution in [1.29, 1.82) is 0 Å². The first-order valence-corrected chi connectivity index (χ1v) is 6.70. The fourth-order valence-electron chi connectivity index (χ4n) is 2.16. The number of ether oxygens (including phenoxy) is 2. The van der Waals surface area contributed by atoms with Crippen LogP contribution in [0.1, 0.15) is 17.3 Å². The van der Waals surface area contributed by atoms with E-state index in [0.717, 1.165) is 5.56 Å². The molecule has 2 rings (SSSR count). The van der Waals surface area contributed by atoms with Crippen LogP contribution in [-0.2, 0) is 9.53 Å². The van der Waals surface area contributed by atoms with Gasteiger partial charge in [-0.05, 0) is 17.7 Å². The normalized spacial score (nSPS) is 9.95. The summed E-state index contributed by atoms with van der Waals surface area (Å²) in [6.45, 7) is 1.42. The van der Waals surface area contributed by atoms with E-state index in [1.54, 1.807) is 12.1 Å². The van der Waals surface area contributed by atoms with E-state index >= 15 is 0 Å². The van der Waals surface area contributed by atoms with Gasteiger partial charge in [0, 0.05) is 12.5 Å². The molecule has 0 unspecified atom stereocenters. The zero-order valence-corrected chi connectivity index (χ0v) is 12.7. The fourth-order valence-corrected chi connectivity index (χ4v) is 2.16. The number of hydrogen-bond donors (Lipinski definition) is 1. The Morgan fingerprint density at radius 1 is 1.05 bits per heavy atom. The number of anilines is 1. The van der Waals surface area contributed by atoms with Gasteiger partial charge in [-0.1, -0.05) is 30.3 Å². The lowest BCUT2D eigenvalue weighted by atomic mass is 10.00. The smallest absolute Gasteiger partial charge is 0.338 e. The molecule has 0 bridgehead atoms. The van der Waals surface area contributed by atoms with E-state index in [1.165, 1.54) is 21.1 Å². The lowest BCUT2D eigenvalue weighted by Gasteiger charge is -2.16. The monoisotopic (exact) mass is 299 g/mol. The van der Waals surface area contributed by atoms with Gasteiger partial charge in [0.25, 0.3) is 0 Å². The van der Waals surface area contributed by atoms with Crippen molar-refractivity contribution in [1.82, 2.24) is 0 Å². The van der Waals surface area contributed by atoms with Crippen LogP contribution in [0.2, 0.25) is 0 Å². The average molecular weight is 299 g/mol. The molecular weight excluding hydrogens is 282 g/mol. The maximum absolute atomic E-state index is 11.8. The van der Waals surface area contributed by atoms with Crippen LogP contribution in [0.5, 0.6) is 5.75 Å². The summed E-state index contributed by atoms with van der Waals surface area (Å²) in [6.07, 6.45) is 0. The van der Waals surface area contributed by atoms with Crippen molar-refractivity contribution in [2.45, 2.75) is 6.92 Å². The van der Waals surface area contributed by atoms with Gasteiger partial charge in [0.2, 0.25) is 5.91 Å². The molecule has 1 N–H and O–H groups in total. The van der Waals surface area contributed by atoms with Crippen LogP contribution in [0.25, 0.3) is 11.1 Å². The molecule has 2 aromatic rings. The number of benzene rings is 2. The van der Waals surface area contributed by atoms with Crippen molar-refractivity contribution in [2.24, 2.45) is 0 Å². The highest BCUT2D eigenvalue weighted by Gasteiger charge is 2.17. The number of amides is 1. The molecule has 0 radical (unpaired) electrons. The summed E-state index contributed by atoms with van der Waals surface area (Å²) >= 11 is 0. The molecule has 22 heavy (non-hydrogen) atoms. The number of hydrogen-bond acceptors (Lipinski definition) is 4. The number of carbonyl (C=O) groups excluding carboxylic acids is 2. The summed E-state index contributed by atoms with van der Waals surface area (Å²) < 4.78 is 10.1. The Labute approximate surface area is 128 Å². The molecule has 2 aromatic carbocycles. The molecule has 5 heteroatoms. The number of carbonyl (C=O) groups is 2. The van der Waals surface area contributed by atoms with Gasteiger partial charge in [-0.3, -0.25) is 4.79 Å². The number of methoxy groups -OCH3 is 2. The largest absolute Gasteiger partial charge is 0.495 e. The van der Waals surface area contributed by atoms with Gasteiger partial charge in [0.05, 0.1) is 25.5 Å². The maximum atomic E-state index is 11.8. The molecule has 0 saturated heterocycles. The first-order valence-electron chi connectivity index (χ1n) is 6.70. The Morgan fingerprint density at radius 2 is 1.73 bits per heavy atom. The molecule has 0 atom stereocenters. The third-order valence-electron chi connectivity index (χ3n) is 3.13. The number of esters is 1. The van der Waals surface area contributed by atoms with Gasteiger partial charge >= 0.3 is 5.97 Å². The summed E-state index contributed by atoms with van der Waals surface area (Å²) in [5, 5.41) is 2.76. The van der Waals surface area contributed by atoms with Crippen molar-refractivity contribution in [3.63, 3.8) is 0 Å². The first-order chi connectivity index (χ1) is 10.6. The molecule has 0 heterocycles. The Hall–Kier alpha value is -2.82. The minimum atomic E-state index is -0.468. The van der Waals surface area contributed by atoms with Crippen LogP contribution in [-0.4, -0.2) is 26.1 Å². The van der Waals surface area contributed by atoms with E-state index in [-0.39, 0.29) is 5.91 Å². The van der Waals surface area contributed by atoms with Crippen LogP contribution in [0.3, 0.4) is 0 Å². The van der Waals surface area contributed by atoms with Crippen molar-refractivity contribution in [3.05, 3.63) is 48.0 Å². The lowest BCUT2D eigenvalue weighted by Crippen LogP contribution is -2.10. The van der Waals surface area contributed by atoms with Crippen molar-refractivity contribution < 1.29 is 19.1 Å². The molecule has 0 spiro atoms. The van der Waals surface area contributed by atoms with Gasteiger partial charge in [-0.25, -0.2) is 4.79 Å². The fraction of sp³-hybridized carbons (Fsp3) is 0.176. The predicted molar refractivity (Wildman–Crippen MR) is 84.1 cm³/mol. The summed E-state index contributed by atoms with van der Waals surface area (Å²) in [5.74, 6) is -0.289. The van der Waals surface area contributed by atoms with E-state index < -0.39 is 5.97 Å². The van der Waals surface area contributed by atoms with E-state index in [4.69, 9.17) is 9.47 Å². The molecule has 1 amide bonds. The summed E-state index contributed by atoms with van der Waals surface area (Å²) in [6, 6.07) is 12.7. The van der Waals surface area contributed by atoms with E-state index in [0.29, 0.717) is 22.6 Å². The molecule has 0 aliphatic carbocycles. The highest BCUT2D eigenvalue weighted by molar-refractivity contribution is 6.00. The van der Waals surface area contributed by atoms with Crippen LogP contribution in [0.15, 0.2) is 42.5 Å². The molecule has 0 aliphatic heterocycles. The Kier molecular flexibility index (Phi) is 4.78. The second kappa shape index (κ2) is 6.76. The van der Waals surface area contributed by atoms with E-state index in [1.807, 2.05) is 30.3 Å². The Bertz CT molecular complexity index is 695. The first kappa shape index (κ1) is 15.6. The van der Waals surface area contributed by atoms with Gasteiger partial charge in [0.15, 0.2) is 0 Å². The topological polar surface area (TPSA) is 64.6 Å². The predicted octanol–water partition coefficient (Wildman–Crippen LogP) is 3.11. The number of rotatable bonds is 4. The van der Waals surface area contributed by atoms with Gasteiger partial charge in [-0.15, -0.1) is 0 Å². The zero-order chi connectivity index (χ0) is 16.1. The lowest BCUT2D eigenvalue weighted by molar-refractivity contribution is -0.114. The maximum Gasteiger partial charge on any atom is 0.338 e. The van der Waals surface area contributed by atoms with Crippen LogP contribution in [0, 0.1) is 0 Å². The van der Waals surface area contributed by atoms with Crippen molar-refractivity contribution >= 4 is 17.6 Å². The highest BCUT2D eigenvalue weighted by Crippen LogP contribution is 2.37. The standard InChI is InChI=1S/C17H17NO4/c1-11(19)18-16-14(12-7-5-4-6-8-12)9-13(17(20)22-3)10-15(16)21-2/h4-10H,1-3H3,(H,18,19). The zero-order valence-electron chi connectivity index (χ0n) is 12.7. The Morgan fingerprint density at radius 3 is 2.27 bits per heavy atom. The van der Waals surface area contributed by atoms with Crippen LogP contribution in [0.4, 0.5) is 5.69 Å².